The molecular formula is C12H23N3. The van der Waals surface area contributed by atoms with E-state index in [1.807, 2.05) is 6.20 Å². The molecule has 1 aromatic heterocycles. The van der Waals surface area contributed by atoms with Gasteiger partial charge < -0.3 is 0 Å². The quantitative estimate of drug-likeness (QED) is 0.632. The Bertz CT molecular complexity index is 219. The van der Waals surface area contributed by atoms with Crippen molar-refractivity contribution in [1.82, 2.24) is 15.4 Å². The minimum absolute atomic E-state index is 1.07. The van der Waals surface area contributed by atoms with Crippen molar-refractivity contribution in [2.24, 2.45) is 0 Å². The standard InChI is InChI=1S/C12H23N3/c1-2-3-4-5-6-7-8-9-10-12-11-13-15-14-12/h11H,2-10H2,1H3,(H,13,14,15). The highest BCUT2D eigenvalue weighted by atomic mass is 15.3. The number of H-pyrrole nitrogens is 1. The van der Waals surface area contributed by atoms with Crippen LogP contribution in [0, 0.1) is 0 Å². The number of rotatable bonds is 9. The van der Waals surface area contributed by atoms with Gasteiger partial charge in [0.15, 0.2) is 0 Å². The molecule has 86 valence electrons. The lowest BCUT2D eigenvalue weighted by Crippen LogP contribution is -1.86. The number of nitrogens with one attached hydrogen (secondary N) is 1. The van der Waals surface area contributed by atoms with Gasteiger partial charge in [0, 0.05) is 0 Å². The molecule has 3 heteroatoms. The fraction of sp³-hybridized carbons (Fsp3) is 0.833. The lowest BCUT2D eigenvalue weighted by atomic mass is 10.1. The van der Waals surface area contributed by atoms with Gasteiger partial charge in [-0.3, -0.25) is 0 Å². The van der Waals surface area contributed by atoms with Gasteiger partial charge in [-0.05, 0) is 12.8 Å². The zero-order valence-corrected chi connectivity index (χ0v) is 9.84. The van der Waals surface area contributed by atoms with Crippen LogP contribution in [0.25, 0.3) is 0 Å². The van der Waals surface area contributed by atoms with Crippen molar-refractivity contribution < 1.29 is 0 Å². The first-order valence-corrected chi connectivity index (χ1v) is 6.28. The molecule has 0 aliphatic carbocycles. The van der Waals surface area contributed by atoms with Crippen molar-refractivity contribution in [2.75, 3.05) is 0 Å². The Morgan fingerprint density at radius 2 is 1.67 bits per heavy atom. The molecule has 0 amide bonds. The van der Waals surface area contributed by atoms with E-state index in [2.05, 4.69) is 22.3 Å². The van der Waals surface area contributed by atoms with Crippen LogP contribution < -0.4 is 0 Å². The second kappa shape index (κ2) is 8.45. The number of unbranched alkanes of at least 4 members (excludes halogenated alkanes) is 7. The van der Waals surface area contributed by atoms with Gasteiger partial charge >= 0.3 is 0 Å². The molecule has 3 nitrogen and oxygen atoms in total. The van der Waals surface area contributed by atoms with Gasteiger partial charge in [0.1, 0.15) is 0 Å². The number of aromatic amines is 1. The molecule has 0 spiro atoms. The van der Waals surface area contributed by atoms with Crippen molar-refractivity contribution in [2.45, 2.75) is 64.7 Å². The molecule has 0 fully saturated rings. The van der Waals surface area contributed by atoms with E-state index in [0.717, 1.165) is 12.1 Å². The first-order chi connectivity index (χ1) is 7.43. The van der Waals surface area contributed by atoms with Gasteiger partial charge in [0.25, 0.3) is 0 Å². The normalized spacial score (nSPS) is 10.7. The van der Waals surface area contributed by atoms with Crippen molar-refractivity contribution in [1.29, 1.82) is 0 Å². The summed E-state index contributed by atoms with van der Waals surface area (Å²) in [5.74, 6) is 0. The zero-order valence-electron chi connectivity index (χ0n) is 9.84. The van der Waals surface area contributed by atoms with E-state index in [1.165, 1.54) is 51.4 Å². The fourth-order valence-electron chi connectivity index (χ4n) is 1.79. The van der Waals surface area contributed by atoms with Crippen LogP contribution in [0.3, 0.4) is 0 Å². The summed E-state index contributed by atoms with van der Waals surface area (Å²) in [6.07, 6.45) is 13.8. The van der Waals surface area contributed by atoms with Crippen LogP contribution in [0.5, 0.6) is 0 Å². The maximum absolute atomic E-state index is 4.04. The summed E-state index contributed by atoms with van der Waals surface area (Å²) < 4.78 is 0. The molecular weight excluding hydrogens is 186 g/mol. The highest BCUT2D eigenvalue weighted by molar-refractivity contribution is 4.89. The molecule has 0 bridgehead atoms. The van der Waals surface area contributed by atoms with Crippen LogP contribution in [0.15, 0.2) is 6.20 Å². The van der Waals surface area contributed by atoms with Crippen LogP contribution in [-0.4, -0.2) is 15.4 Å². The predicted octanol–water partition coefficient (Wildman–Crippen LogP) is 3.49. The minimum Gasteiger partial charge on any atom is -0.198 e. The molecule has 15 heavy (non-hydrogen) atoms. The molecule has 1 rings (SSSR count). The Balaban J connectivity index is 1.81. The number of aromatic nitrogens is 3. The molecule has 1 heterocycles. The Morgan fingerprint density at radius 3 is 2.27 bits per heavy atom. The molecule has 0 saturated carbocycles. The highest BCUT2D eigenvalue weighted by Gasteiger charge is 1.95. The third kappa shape index (κ3) is 6.26. The minimum atomic E-state index is 1.07. The largest absolute Gasteiger partial charge is 0.198 e. The SMILES string of the molecule is CCCCCCCCCCc1cn[nH]n1. The van der Waals surface area contributed by atoms with Gasteiger partial charge in [-0.2, -0.15) is 15.4 Å². The summed E-state index contributed by atoms with van der Waals surface area (Å²) in [6, 6.07) is 0. The van der Waals surface area contributed by atoms with Crippen LogP contribution in [-0.2, 0) is 6.42 Å². The summed E-state index contributed by atoms with van der Waals surface area (Å²) in [5.41, 5.74) is 1.10. The van der Waals surface area contributed by atoms with Crippen molar-refractivity contribution in [3.8, 4) is 0 Å². The number of hydrogen-bond donors (Lipinski definition) is 1. The number of aryl methyl sites for hydroxylation is 1. The smallest absolute Gasteiger partial charge is 0.0824 e. The number of hydrogen-bond acceptors (Lipinski definition) is 2. The van der Waals surface area contributed by atoms with Gasteiger partial charge in [0.2, 0.25) is 0 Å². The summed E-state index contributed by atoms with van der Waals surface area (Å²) >= 11 is 0. The number of nitrogens with zero attached hydrogens (tertiary/aromatic N) is 2. The summed E-state index contributed by atoms with van der Waals surface area (Å²) in [6.45, 7) is 2.26. The fourth-order valence-corrected chi connectivity index (χ4v) is 1.79. The third-order valence-corrected chi connectivity index (χ3v) is 2.75. The maximum Gasteiger partial charge on any atom is 0.0824 e. The van der Waals surface area contributed by atoms with E-state index in [1.54, 1.807) is 0 Å². The lowest BCUT2D eigenvalue weighted by molar-refractivity contribution is 0.574. The average Bonchev–Trinajstić information content (AvgIpc) is 2.75. The van der Waals surface area contributed by atoms with Crippen molar-refractivity contribution in [3.63, 3.8) is 0 Å². The summed E-state index contributed by atoms with van der Waals surface area (Å²) in [7, 11) is 0. The molecule has 1 aromatic rings. The molecule has 1 N–H and O–H groups in total. The molecule has 0 radical (unpaired) electrons. The van der Waals surface area contributed by atoms with E-state index in [-0.39, 0.29) is 0 Å². The van der Waals surface area contributed by atoms with E-state index in [0.29, 0.717) is 0 Å². The Labute approximate surface area is 92.7 Å². The first kappa shape index (κ1) is 12.2. The van der Waals surface area contributed by atoms with E-state index in [9.17, 15) is 0 Å². The molecule has 0 aliphatic heterocycles. The van der Waals surface area contributed by atoms with Crippen LogP contribution in [0.2, 0.25) is 0 Å². The molecule has 0 saturated heterocycles. The molecule has 0 atom stereocenters. The molecule has 0 aliphatic rings. The van der Waals surface area contributed by atoms with Gasteiger partial charge in [-0.25, -0.2) is 0 Å². The van der Waals surface area contributed by atoms with Crippen LogP contribution >= 0.6 is 0 Å². The molecule has 0 unspecified atom stereocenters. The van der Waals surface area contributed by atoms with Crippen LogP contribution in [0.1, 0.15) is 64.0 Å². The maximum atomic E-state index is 4.04. The molecule has 0 aromatic carbocycles. The van der Waals surface area contributed by atoms with E-state index >= 15 is 0 Å². The van der Waals surface area contributed by atoms with Gasteiger partial charge in [-0.1, -0.05) is 51.9 Å². The van der Waals surface area contributed by atoms with Gasteiger partial charge in [0.05, 0.1) is 11.9 Å². The van der Waals surface area contributed by atoms with E-state index < -0.39 is 0 Å². The zero-order chi connectivity index (χ0) is 10.8. The second-order valence-corrected chi connectivity index (χ2v) is 4.19. The monoisotopic (exact) mass is 209 g/mol. The van der Waals surface area contributed by atoms with Crippen molar-refractivity contribution >= 4 is 0 Å². The second-order valence-electron chi connectivity index (χ2n) is 4.19. The van der Waals surface area contributed by atoms with Crippen LogP contribution in [0.4, 0.5) is 0 Å². The predicted molar refractivity (Wildman–Crippen MR) is 62.7 cm³/mol. The Kier molecular flexibility index (Phi) is 6.88. The summed E-state index contributed by atoms with van der Waals surface area (Å²) in [4.78, 5) is 0. The Hall–Kier alpha value is -0.860. The highest BCUT2D eigenvalue weighted by Crippen LogP contribution is 2.09. The Morgan fingerprint density at radius 1 is 1.00 bits per heavy atom. The topological polar surface area (TPSA) is 41.6 Å². The summed E-state index contributed by atoms with van der Waals surface area (Å²) in [5, 5.41) is 10.5. The third-order valence-electron chi connectivity index (χ3n) is 2.75. The average molecular weight is 209 g/mol. The van der Waals surface area contributed by atoms with Gasteiger partial charge in [-0.15, -0.1) is 0 Å². The first-order valence-electron chi connectivity index (χ1n) is 6.28. The van der Waals surface area contributed by atoms with E-state index in [4.69, 9.17) is 0 Å². The van der Waals surface area contributed by atoms with Crippen molar-refractivity contribution in [3.05, 3.63) is 11.9 Å². The lowest BCUT2D eigenvalue weighted by Gasteiger charge is -2.00.